The summed E-state index contributed by atoms with van der Waals surface area (Å²) in [5.41, 5.74) is 0.881. The smallest absolute Gasteiger partial charge is 0.224 e. The third-order valence-corrected chi connectivity index (χ3v) is 4.33. The Morgan fingerprint density at radius 2 is 2.05 bits per heavy atom. The quantitative estimate of drug-likeness (QED) is 0.839. The SMILES string of the molecule is CNCC(C)C(=O)NC(c1cccc(F)c1)C1CCCC1.Cl. The molecule has 0 heterocycles. The zero-order valence-electron chi connectivity index (χ0n) is 13.3. The average molecular weight is 329 g/mol. The maximum Gasteiger partial charge on any atom is 0.224 e. The molecule has 1 saturated carbocycles. The number of rotatable bonds is 6. The van der Waals surface area contributed by atoms with Gasteiger partial charge in [0.25, 0.3) is 0 Å². The van der Waals surface area contributed by atoms with Crippen molar-refractivity contribution >= 4 is 18.3 Å². The van der Waals surface area contributed by atoms with Crippen LogP contribution in [-0.4, -0.2) is 19.5 Å². The highest BCUT2D eigenvalue weighted by molar-refractivity contribution is 5.85. The molecule has 1 fully saturated rings. The molecule has 1 aromatic rings. The van der Waals surface area contributed by atoms with Crippen LogP contribution in [0.5, 0.6) is 0 Å². The van der Waals surface area contributed by atoms with Gasteiger partial charge in [0.1, 0.15) is 5.82 Å². The molecule has 1 amide bonds. The Labute approximate surface area is 138 Å². The first kappa shape index (κ1) is 18.9. The minimum Gasteiger partial charge on any atom is -0.349 e. The summed E-state index contributed by atoms with van der Waals surface area (Å²) in [6, 6.07) is 6.55. The Bertz CT molecular complexity index is 477. The lowest BCUT2D eigenvalue weighted by atomic mass is 9.91. The van der Waals surface area contributed by atoms with Crippen LogP contribution in [0.2, 0.25) is 0 Å². The minimum atomic E-state index is -0.243. The van der Waals surface area contributed by atoms with Crippen LogP contribution in [0.1, 0.15) is 44.2 Å². The van der Waals surface area contributed by atoms with Crippen molar-refractivity contribution < 1.29 is 9.18 Å². The summed E-state index contributed by atoms with van der Waals surface area (Å²) >= 11 is 0. The topological polar surface area (TPSA) is 41.1 Å². The minimum absolute atomic E-state index is 0. The molecular weight excluding hydrogens is 303 g/mol. The van der Waals surface area contributed by atoms with E-state index in [-0.39, 0.29) is 36.1 Å². The van der Waals surface area contributed by atoms with Gasteiger partial charge in [0.05, 0.1) is 6.04 Å². The first-order valence-corrected chi connectivity index (χ1v) is 7.82. The van der Waals surface area contributed by atoms with Gasteiger partial charge in [-0.25, -0.2) is 4.39 Å². The van der Waals surface area contributed by atoms with Gasteiger partial charge in [0, 0.05) is 12.5 Å². The zero-order chi connectivity index (χ0) is 15.2. The highest BCUT2D eigenvalue weighted by atomic mass is 35.5. The van der Waals surface area contributed by atoms with Crippen LogP contribution in [-0.2, 0) is 4.79 Å². The van der Waals surface area contributed by atoms with E-state index in [1.54, 1.807) is 12.1 Å². The zero-order valence-corrected chi connectivity index (χ0v) is 14.1. The molecule has 1 aliphatic carbocycles. The second-order valence-corrected chi connectivity index (χ2v) is 6.04. The molecule has 0 aliphatic heterocycles. The molecule has 1 aromatic carbocycles. The van der Waals surface area contributed by atoms with Crippen molar-refractivity contribution in [1.29, 1.82) is 0 Å². The first-order valence-electron chi connectivity index (χ1n) is 7.82. The first-order chi connectivity index (χ1) is 10.1. The number of nitrogens with one attached hydrogen (secondary N) is 2. The molecule has 0 aromatic heterocycles. The van der Waals surface area contributed by atoms with Crippen molar-refractivity contribution in [2.45, 2.75) is 38.6 Å². The number of halogens is 2. The van der Waals surface area contributed by atoms with Crippen molar-refractivity contribution in [3.63, 3.8) is 0 Å². The average Bonchev–Trinajstić information content (AvgIpc) is 2.98. The van der Waals surface area contributed by atoms with E-state index < -0.39 is 0 Å². The second kappa shape index (κ2) is 9.11. The van der Waals surface area contributed by atoms with Crippen LogP contribution >= 0.6 is 12.4 Å². The molecule has 2 rings (SSSR count). The van der Waals surface area contributed by atoms with Crippen LogP contribution in [0, 0.1) is 17.7 Å². The van der Waals surface area contributed by atoms with E-state index in [4.69, 9.17) is 0 Å². The Kier molecular flexibility index (Phi) is 7.83. The number of hydrogen-bond acceptors (Lipinski definition) is 2. The van der Waals surface area contributed by atoms with Crippen LogP contribution in [0.4, 0.5) is 4.39 Å². The predicted molar refractivity (Wildman–Crippen MR) is 89.6 cm³/mol. The fourth-order valence-corrected chi connectivity index (χ4v) is 3.16. The highest BCUT2D eigenvalue weighted by Crippen LogP contribution is 2.36. The van der Waals surface area contributed by atoms with E-state index in [2.05, 4.69) is 10.6 Å². The molecule has 0 spiro atoms. The normalized spacial score (nSPS) is 17.6. The standard InChI is InChI=1S/C17H25FN2O.ClH/c1-12(11-19-2)17(21)20-16(13-6-3-4-7-13)14-8-5-9-15(18)10-14;/h5,8-10,12-13,16,19H,3-4,6-7,11H2,1-2H3,(H,20,21);1H. The Balaban J connectivity index is 0.00000242. The van der Waals surface area contributed by atoms with Gasteiger partial charge in [0.15, 0.2) is 0 Å². The van der Waals surface area contributed by atoms with Crippen molar-refractivity contribution in [3.8, 4) is 0 Å². The van der Waals surface area contributed by atoms with Crippen molar-refractivity contribution in [3.05, 3.63) is 35.6 Å². The van der Waals surface area contributed by atoms with Crippen LogP contribution in [0.25, 0.3) is 0 Å². The lowest BCUT2D eigenvalue weighted by Gasteiger charge is -2.27. The molecule has 2 unspecified atom stereocenters. The molecule has 0 radical (unpaired) electrons. The van der Waals surface area contributed by atoms with E-state index in [1.807, 2.05) is 20.0 Å². The number of carbonyl (C=O) groups is 1. The van der Waals surface area contributed by atoms with E-state index in [0.29, 0.717) is 12.5 Å². The summed E-state index contributed by atoms with van der Waals surface area (Å²) in [6.07, 6.45) is 4.58. The number of benzene rings is 1. The van der Waals surface area contributed by atoms with Crippen molar-refractivity contribution in [2.75, 3.05) is 13.6 Å². The molecule has 2 N–H and O–H groups in total. The van der Waals surface area contributed by atoms with Gasteiger partial charge in [-0.05, 0) is 43.5 Å². The van der Waals surface area contributed by atoms with Crippen LogP contribution in [0.3, 0.4) is 0 Å². The highest BCUT2D eigenvalue weighted by Gasteiger charge is 2.29. The van der Waals surface area contributed by atoms with E-state index in [0.717, 1.165) is 18.4 Å². The number of hydrogen-bond donors (Lipinski definition) is 2. The van der Waals surface area contributed by atoms with Crippen LogP contribution < -0.4 is 10.6 Å². The fourth-order valence-electron chi connectivity index (χ4n) is 3.16. The lowest BCUT2D eigenvalue weighted by molar-refractivity contribution is -0.125. The molecule has 5 heteroatoms. The monoisotopic (exact) mass is 328 g/mol. The summed E-state index contributed by atoms with van der Waals surface area (Å²) in [6.45, 7) is 2.55. The van der Waals surface area contributed by atoms with E-state index >= 15 is 0 Å². The molecule has 3 nitrogen and oxygen atoms in total. The molecular formula is C17H26ClFN2O. The largest absolute Gasteiger partial charge is 0.349 e. The second-order valence-electron chi connectivity index (χ2n) is 6.04. The third kappa shape index (κ3) is 4.96. The predicted octanol–water partition coefficient (Wildman–Crippen LogP) is 3.45. The van der Waals surface area contributed by atoms with Gasteiger partial charge in [-0.1, -0.05) is 31.9 Å². The summed E-state index contributed by atoms with van der Waals surface area (Å²) in [4.78, 5) is 12.3. The summed E-state index contributed by atoms with van der Waals surface area (Å²) < 4.78 is 13.5. The van der Waals surface area contributed by atoms with Gasteiger partial charge in [-0.15, -0.1) is 12.4 Å². The molecule has 0 saturated heterocycles. The molecule has 2 atom stereocenters. The molecule has 124 valence electrons. The molecule has 1 aliphatic rings. The van der Waals surface area contributed by atoms with E-state index in [1.165, 1.54) is 18.9 Å². The van der Waals surface area contributed by atoms with Crippen molar-refractivity contribution in [2.24, 2.45) is 11.8 Å². The Morgan fingerprint density at radius 1 is 1.36 bits per heavy atom. The molecule has 0 bridgehead atoms. The van der Waals surface area contributed by atoms with Gasteiger partial charge in [0.2, 0.25) is 5.91 Å². The number of carbonyl (C=O) groups excluding carboxylic acids is 1. The van der Waals surface area contributed by atoms with Crippen molar-refractivity contribution in [1.82, 2.24) is 10.6 Å². The van der Waals surface area contributed by atoms with Gasteiger partial charge in [-0.3, -0.25) is 4.79 Å². The Hall–Kier alpha value is -1.13. The van der Waals surface area contributed by atoms with Crippen LogP contribution in [0.15, 0.2) is 24.3 Å². The lowest BCUT2D eigenvalue weighted by Crippen LogP contribution is -2.39. The van der Waals surface area contributed by atoms with Gasteiger partial charge in [-0.2, -0.15) is 0 Å². The summed E-state index contributed by atoms with van der Waals surface area (Å²) in [5, 5.41) is 6.16. The fraction of sp³-hybridized carbons (Fsp3) is 0.588. The Morgan fingerprint density at radius 3 is 2.64 bits per heavy atom. The van der Waals surface area contributed by atoms with Gasteiger partial charge < -0.3 is 10.6 Å². The summed E-state index contributed by atoms with van der Waals surface area (Å²) in [5.74, 6) is 0.114. The number of amides is 1. The van der Waals surface area contributed by atoms with Gasteiger partial charge >= 0.3 is 0 Å². The van der Waals surface area contributed by atoms with E-state index in [9.17, 15) is 9.18 Å². The summed E-state index contributed by atoms with van der Waals surface area (Å²) in [7, 11) is 1.84. The molecule has 22 heavy (non-hydrogen) atoms. The third-order valence-electron chi connectivity index (χ3n) is 4.33. The maximum absolute atomic E-state index is 13.5. The maximum atomic E-state index is 13.5.